The van der Waals surface area contributed by atoms with Gasteiger partial charge in [-0.25, -0.2) is 0 Å². The molecule has 8 nitrogen and oxygen atoms in total. The van der Waals surface area contributed by atoms with Crippen LogP contribution in [0.15, 0.2) is 35.7 Å². The van der Waals surface area contributed by atoms with Gasteiger partial charge in [-0.05, 0) is 60.0 Å². The van der Waals surface area contributed by atoms with Crippen LogP contribution < -0.4 is 10.1 Å². The van der Waals surface area contributed by atoms with Crippen molar-refractivity contribution in [1.82, 2.24) is 19.7 Å². The van der Waals surface area contributed by atoms with Gasteiger partial charge in [0, 0.05) is 31.7 Å². The van der Waals surface area contributed by atoms with Crippen molar-refractivity contribution in [2.75, 3.05) is 25.5 Å². The zero-order valence-electron chi connectivity index (χ0n) is 17.4. The van der Waals surface area contributed by atoms with Crippen molar-refractivity contribution < 1.29 is 14.3 Å². The van der Waals surface area contributed by atoms with Crippen molar-refractivity contribution in [2.24, 2.45) is 11.8 Å². The number of rotatable bonds is 4. The van der Waals surface area contributed by atoms with Gasteiger partial charge in [0.05, 0.1) is 12.0 Å². The fourth-order valence-electron chi connectivity index (χ4n) is 4.45. The van der Waals surface area contributed by atoms with Gasteiger partial charge in [-0.3, -0.25) is 9.59 Å². The van der Waals surface area contributed by atoms with E-state index in [1.807, 2.05) is 27.8 Å². The van der Waals surface area contributed by atoms with Gasteiger partial charge in [0.2, 0.25) is 5.82 Å². The lowest BCUT2D eigenvalue weighted by Crippen LogP contribution is -2.31. The molecular weight excluding hydrogens is 414 g/mol. The minimum atomic E-state index is -0.289. The van der Waals surface area contributed by atoms with Crippen LogP contribution in [0.5, 0.6) is 5.75 Å². The number of aryl methyl sites for hydroxylation is 1. The summed E-state index contributed by atoms with van der Waals surface area (Å²) in [6.45, 7) is 4.03. The Kier molecular flexibility index (Phi) is 4.97. The molecule has 1 aromatic carbocycles. The summed E-state index contributed by atoms with van der Waals surface area (Å²) in [6.07, 6.45) is 0.723. The summed E-state index contributed by atoms with van der Waals surface area (Å²) in [6, 6.07) is 9.13. The number of methoxy groups -OCH3 is 1. The van der Waals surface area contributed by atoms with E-state index < -0.39 is 0 Å². The minimum Gasteiger partial charge on any atom is -0.497 e. The Bertz CT molecular complexity index is 1140. The Morgan fingerprint density at radius 3 is 2.58 bits per heavy atom. The van der Waals surface area contributed by atoms with Gasteiger partial charge in [0.15, 0.2) is 0 Å². The van der Waals surface area contributed by atoms with E-state index in [2.05, 4.69) is 15.5 Å². The predicted molar refractivity (Wildman–Crippen MR) is 117 cm³/mol. The van der Waals surface area contributed by atoms with E-state index in [0.717, 1.165) is 35.0 Å². The fraction of sp³-hybridized carbons (Fsp3) is 0.364. The zero-order chi connectivity index (χ0) is 21.5. The molecule has 0 saturated carbocycles. The smallest absolute Gasteiger partial charge is 0.293 e. The number of nitrogens with zero attached hydrogens (tertiary/aromatic N) is 4. The third-order valence-corrected chi connectivity index (χ3v) is 7.16. The summed E-state index contributed by atoms with van der Waals surface area (Å²) < 4.78 is 7.06. The summed E-state index contributed by atoms with van der Waals surface area (Å²) in [7, 11) is 1.60. The average Bonchev–Trinajstić information content (AvgIpc) is 3.49. The van der Waals surface area contributed by atoms with Crippen LogP contribution in [0, 0.1) is 18.8 Å². The first kappa shape index (κ1) is 19.7. The number of benzene rings is 1. The van der Waals surface area contributed by atoms with E-state index in [4.69, 9.17) is 4.74 Å². The SMILES string of the molecule is COc1ccc(NC(=O)c2nnc3n2C[C@@H]2CN(C(=O)c4sccc4C)C[C@@H]2C3)cc1. The Balaban J connectivity index is 1.29. The molecule has 0 bridgehead atoms. The topological polar surface area (TPSA) is 89.3 Å². The van der Waals surface area contributed by atoms with Crippen LogP contribution in [0.4, 0.5) is 5.69 Å². The van der Waals surface area contributed by atoms with Crippen LogP contribution in [-0.4, -0.2) is 51.7 Å². The molecule has 2 atom stereocenters. The second kappa shape index (κ2) is 7.81. The normalized spacial score (nSPS) is 19.6. The zero-order valence-corrected chi connectivity index (χ0v) is 18.2. The highest BCUT2D eigenvalue weighted by Crippen LogP contribution is 2.34. The van der Waals surface area contributed by atoms with Crippen LogP contribution in [0.1, 0.15) is 31.7 Å². The van der Waals surface area contributed by atoms with Gasteiger partial charge >= 0.3 is 0 Å². The molecule has 2 aliphatic rings. The third-order valence-electron chi connectivity index (χ3n) is 6.16. The summed E-state index contributed by atoms with van der Waals surface area (Å²) in [4.78, 5) is 28.5. The Labute approximate surface area is 183 Å². The first-order valence-electron chi connectivity index (χ1n) is 10.2. The number of hydrogen-bond donors (Lipinski definition) is 1. The van der Waals surface area contributed by atoms with E-state index in [-0.39, 0.29) is 11.8 Å². The molecule has 0 spiro atoms. The summed E-state index contributed by atoms with van der Waals surface area (Å²) in [5, 5.41) is 13.3. The highest BCUT2D eigenvalue weighted by Gasteiger charge is 2.41. The number of anilines is 1. The number of aromatic nitrogens is 3. The molecule has 160 valence electrons. The number of thiophene rings is 1. The van der Waals surface area contributed by atoms with E-state index in [9.17, 15) is 9.59 Å². The third kappa shape index (κ3) is 3.59. The molecule has 4 heterocycles. The fourth-order valence-corrected chi connectivity index (χ4v) is 5.35. The summed E-state index contributed by atoms with van der Waals surface area (Å²) >= 11 is 1.50. The lowest BCUT2D eigenvalue weighted by atomic mass is 9.89. The second-order valence-corrected chi connectivity index (χ2v) is 9.02. The van der Waals surface area contributed by atoms with Gasteiger partial charge in [-0.1, -0.05) is 0 Å². The largest absolute Gasteiger partial charge is 0.497 e. The van der Waals surface area contributed by atoms with E-state index in [1.165, 1.54) is 11.3 Å². The first-order chi connectivity index (χ1) is 15.0. The first-order valence-corrected chi connectivity index (χ1v) is 11.1. The molecular formula is C22H23N5O3S. The predicted octanol–water partition coefficient (Wildman–Crippen LogP) is 2.85. The van der Waals surface area contributed by atoms with Crippen LogP contribution in [0.2, 0.25) is 0 Å². The van der Waals surface area contributed by atoms with Crippen molar-refractivity contribution in [3.05, 3.63) is 57.8 Å². The van der Waals surface area contributed by atoms with E-state index in [1.54, 1.807) is 31.4 Å². The Hall–Kier alpha value is -3.20. The molecule has 5 rings (SSSR count). The summed E-state index contributed by atoms with van der Waals surface area (Å²) in [5.41, 5.74) is 1.69. The highest BCUT2D eigenvalue weighted by atomic mass is 32.1. The van der Waals surface area contributed by atoms with Crippen LogP contribution >= 0.6 is 11.3 Å². The number of amides is 2. The maximum atomic E-state index is 12.9. The van der Waals surface area contributed by atoms with Gasteiger partial charge in [0.1, 0.15) is 11.6 Å². The van der Waals surface area contributed by atoms with Crippen molar-refractivity contribution in [2.45, 2.75) is 19.9 Å². The molecule has 1 fully saturated rings. The van der Waals surface area contributed by atoms with Gasteiger partial charge in [0.25, 0.3) is 11.8 Å². The quantitative estimate of drug-likeness (QED) is 0.678. The van der Waals surface area contributed by atoms with Gasteiger partial charge in [-0.15, -0.1) is 21.5 Å². The lowest BCUT2D eigenvalue weighted by Gasteiger charge is -2.25. The van der Waals surface area contributed by atoms with E-state index >= 15 is 0 Å². The molecule has 1 N–H and O–H groups in total. The lowest BCUT2D eigenvalue weighted by molar-refractivity contribution is 0.0787. The van der Waals surface area contributed by atoms with Gasteiger partial charge < -0.3 is 19.5 Å². The van der Waals surface area contributed by atoms with Crippen LogP contribution in [-0.2, 0) is 13.0 Å². The van der Waals surface area contributed by atoms with Gasteiger partial charge in [-0.2, -0.15) is 0 Å². The maximum Gasteiger partial charge on any atom is 0.293 e. The highest BCUT2D eigenvalue weighted by molar-refractivity contribution is 7.12. The van der Waals surface area contributed by atoms with Crippen molar-refractivity contribution >= 4 is 28.8 Å². The van der Waals surface area contributed by atoms with E-state index in [0.29, 0.717) is 36.4 Å². The molecule has 0 aliphatic carbocycles. The molecule has 2 amide bonds. The van der Waals surface area contributed by atoms with Crippen molar-refractivity contribution in [3.63, 3.8) is 0 Å². The molecule has 1 saturated heterocycles. The monoisotopic (exact) mass is 437 g/mol. The average molecular weight is 438 g/mol. The van der Waals surface area contributed by atoms with Crippen molar-refractivity contribution in [3.8, 4) is 5.75 Å². The Morgan fingerprint density at radius 1 is 1.10 bits per heavy atom. The number of hydrogen-bond acceptors (Lipinski definition) is 6. The number of carbonyl (C=O) groups excluding carboxylic acids is 2. The molecule has 0 radical (unpaired) electrons. The van der Waals surface area contributed by atoms with Crippen LogP contribution in [0.25, 0.3) is 0 Å². The van der Waals surface area contributed by atoms with Crippen molar-refractivity contribution in [1.29, 1.82) is 0 Å². The molecule has 9 heteroatoms. The number of ether oxygens (including phenoxy) is 1. The molecule has 2 aliphatic heterocycles. The number of fused-ring (bicyclic) bond motifs is 2. The minimum absolute atomic E-state index is 0.107. The molecule has 2 aromatic heterocycles. The number of nitrogens with one attached hydrogen (secondary N) is 1. The Morgan fingerprint density at radius 2 is 1.87 bits per heavy atom. The summed E-state index contributed by atoms with van der Waals surface area (Å²) in [5.74, 6) is 2.30. The molecule has 31 heavy (non-hydrogen) atoms. The second-order valence-electron chi connectivity index (χ2n) is 8.10. The molecule has 3 aromatic rings. The molecule has 0 unspecified atom stereocenters. The number of carbonyl (C=O) groups is 2. The van der Waals surface area contributed by atoms with Crippen LogP contribution in [0.3, 0.4) is 0 Å². The number of likely N-dealkylation sites (tertiary alicyclic amines) is 1. The maximum absolute atomic E-state index is 12.9. The standard InChI is InChI=1S/C22H23N5O3S/c1-13-7-8-31-19(13)22(29)26-10-14-9-18-24-25-20(27(18)12-15(14)11-26)21(28)23-16-3-5-17(30-2)6-4-16/h3-8,14-15H,9-12H2,1-2H3,(H,23,28)/t14-,15-/m0/s1.